The van der Waals surface area contributed by atoms with Gasteiger partial charge in [-0.2, -0.15) is 5.10 Å². The summed E-state index contributed by atoms with van der Waals surface area (Å²) in [5.41, 5.74) is 5.25. The Morgan fingerprint density at radius 1 is 1.03 bits per heavy atom. The largest absolute Gasteiger partial charge is 0.497 e. The van der Waals surface area contributed by atoms with Crippen molar-refractivity contribution in [2.45, 2.75) is 0 Å². The van der Waals surface area contributed by atoms with Crippen molar-refractivity contribution >= 4 is 28.4 Å². The molecule has 9 nitrogen and oxygen atoms in total. The van der Waals surface area contributed by atoms with Crippen molar-refractivity contribution in [2.24, 2.45) is 5.10 Å². The topological polar surface area (TPSA) is 95.7 Å². The van der Waals surface area contributed by atoms with Crippen molar-refractivity contribution in [2.75, 3.05) is 28.4 Å². The quantitative estimate of drug-likeness (QED) is 0.313. The van der Waals surface area contributed by atoms with Gasteiger partial charge < -0.3 is 18.9 Å². The molecule has 0 spiro atoms. The van der Waals surface area contributed by atoms with Gasteiger partial charge in [0.25, 0.3) is 5.91 Å². The minimum Gasteiger partial charge on any atom is -0.497 e. The minimum atomic E-state index is -0.428. The number of aromatic nitrogens is 2. The summed E-state index contributed by atoms with van der Waals surface area (Å²) in [5, 5.41) is 6.11. The number of amides is 1. The highest BCUT2D eigenvalue weighted by Gasteiger charge is 2.17. The van der Waals surface area contributed by atoms with Gasteiger partial charge >= 0.3 is 0 Å². The molecule has 33 heavy (non-hydrogen) atoms. The average Bonchev–Trinajstić information content (AvgIpc) is 3.45. The Labute approximate surface area is 194 Å². The van der Waals surface area contributed by atoms with Crippen molar-refractivity contribution in [3.05, 3.63) is 59.2 Å². The van der Waals surface area contributed by atoms with Crippen molar-refractivity contribution in [1.29, 1.82) is 0 Å². The molecule has 0 fully saturated rings. The molecule has 0 unspecified atom stereocenters. The molecule has 4 rings (SSSR count). The van der Waals surface area contributed by atoms with E-state index in [1.54, 1.807) is 25.5 Å². The number of nitrogens with zero attached hydrogens (tertiary/aromatic N) is 3. The predicted octanol–water partition coefficient (Wildman–Crippen LogP) is 3.86. The number of hydrazone groups is 1. The van der Waals surface area contributed by atoms with Crippen LogP contribution in [0.15, 0.2) is 53.1 Å². The third-order valence-corrected chi connectivity index (χ3v) is 5.70. The Kier molecular flexibility index (Phi) is 6.45. The number of hydrogen-bond donors (Lipinski definition) is 1. The Hall–Kier alpha value is -4.05. The van der Waals surface area contributed by atoms with E-state index in [0.29, 0.717) is 22.8 Å². The smallest absolute Gasteiger partial charge is 0.271 e. The highest BCUT2D eigenvalue weighted by molar-refractivity contribution is 7.15. The first-order valence-corrected chi connectivity index (χ1v) is 10.7. The van der Waals surface area contributed by atoms with Gasteiger partial charge in [0.1, 0.15) is 5.75 Å². The minimum absolute atomic E-state index is 0.311. The summed E-state index contributed by atoms with van der Waals surface area (Å²) in [6.45, 7) is 0. The molecule has 0 aliphatic rings. The number of hydrogen-bond acceptors (Lipinski definition) is 8. The maximum Gasteiger partial charge on any atom is 0.271 e. The summed E-state index contributed by atoms with van der Waals surface area (Å²) in [5.74, 6) is 1.49. The number of carbonyl (C=O) groups excluding carboxylic acids is 1. The van der Waals surface area contributed by atoms with Crippen LogP contribution in [0.2, 0.25) is 0 Å². The molecule has 0 bridgehead atoms. The molecule has 1 N–H and O–H groups in total. The maximum atomic E-state index is 12.7. The number of benzene rings is 2. The number of ether oxygens (including phenoxy) is 4. The van der Waals surface area contributed by atoms with Crippen LogP contribution in [0.3, 0.4) is 0 Å². The molecule has 0 saturated heterocycles. The molecule has 2 aromatic carbocycles. The van der Waals surface area contributed by atoms with E-state index in [1.807, 2.05) is 40.2 Å². The van der Waals surface area contributed by atoms with Gasteiger partial charge in [0.2, 0.25) is 5.75 Å². The molecule has 1 amide bonds. The van der Waals surface area contributed by atoms with Gasteiger partial charge in [-0.15, -0.1) is 11.3 Å². The highest BCUT2D eigenvalue weighted by atomic mass is 32.1. The van der Waals surface area contributed by atoms with Crippen LogP contribution in [0.5, 0.6) is 23.0 Å². The van der Waals surface area contributed by atoms with E-state index >= 15 is 0 Å². The van der Waals surface area contributed by atoms with Crippen LogP contribution in [0.4, 0.5) is 0 Å². The number of methoxy groups -OCH3 is 4. The van der Waals surface area contributed by atoms with Gasteiger partial charge in [-0.1, -0.05) is 0 Å². The average molecular weight is 467 g/mol. The zero-order valence-corrected chi connectivity index (χ0v) is 19.3. The second-order valence-electron chi connectivity index (χ2n) is 6.74. The van der Waals surface area contributed by atoms with Gasteiger partial charge in [0.05, 0.1) is 46.0 Å². The lowest BCUT2D eigenvalue weighted by Gasteiger charge is -2.13. The van der Waals surface area contributed by atoms with Crippen molar-refractivity contribution < 1.29 is 23.7 Å². The number of carbonyl (C=O) groups is 1. The number of rotatable bonds is 8. The van der Waals surface area contributed by atoms with E-state index in [0.717, 1.165) is 27.7 Å². The predicted molar refractivity (Wildman–Crippen MR) is 126 cm³/mol. The zero-order valence-electron chi connectivity index (χ0n) is 18.5. The third kappa shape index (κ3) is 4.33. The van der Waals surface area contributed by atoms with Crippen molar-refractivity contribution in [1.82, 2.24) is 14.8 Å². The molecule has 0 saturated carbocycles. The van der Waals surface area contributed by atoms with Crippen LogP contribution in [-0.4, -0.2) is 49.9 Å². The fraction of sp³-hybridized carbons (Fsp3) is 0.174. The molecule has 0 aliphatic heterocycles. The van der Waals surface area contributed by atoms with Gasteiger partial charge in [-0.3, -0.25) is 9.20 Å². The Morgan fingerprint density at radius 3 is 2.33 bits per heavy atom. The van der Waals surface area contributed by atoms with E-state index in [4.69, 9.17) is 23.9 Å². The lowest BCUT2D eigenvalue weighted by Crippen LogP contribution is -2.18. The molecule has 10 heteroatoms. The van der Waals surface area contributed by atoms with Gasteiger partial charge in [0, 0.05) is 22.7 Å². The molecule has 2 heterocycles. The molecule has 170 valence electrons. The first-order valence-electron chi connectivity index (χ1n) is 9.83. The number of fused-ring (bicyclic) bond motifs is 1. The summed E-state index contributed by atoms with van der Waals surface area (Å²) in [6.07, 6.45) is 3.48. The first-order chi connectivity index (χ1) is 16.1. The third-order valence-electron chi connectivity index (χ3n) is 4.94. The standard InChI is InChI=1S/C23H22N4O5S/c1-29-16-7-5-14(6-8-16)20-17(27-9-10-33-23(27)25-20)13-24-26-22(28)15-11-18(30-2)21(32-4)19(12-15)31-3/h5-13H,1-4H3,(H,26,28)/b24-13+. The van der Waals surface area contributed by atoms with Crippen LogP contribution in [0.25, 0.3) is 16.2 Å². The molecule has 0 aliphatic carbocycles. The molecular weight excluding hydrogens is 444 g/mol. The summed E-state index contributed by atoms with van der Waals surface area (Å²) in [7, 11) is 6.10. The van der Waals surface area contributed by atoms with E-state index in [1.165, 1.54) is 32.7 Å². The fourth-order valence-electron chi connectivity index (χ4n) is 3.32. The summed E-state index contributed by atoms with van der Waals surface area (Å²) < 4.78 is 23.1. The SMILES string of the molecule is COc1ccc(-c2nc3sccn3c2/C=N/NC(=O)c2cc(OC)c(OC)c(OC)c2)cc1. The molecular formula is C23H22N4O5S. The van der Waals surface area contributed by atoms with Crippen molar-refractivity contribution in [3.63, 3.8) is 0 Å². The zero-order chi connectivity index (χ0) is 23.4. The summed E-state index contributed by atoms with van der Waals surface area (Å²) in [6, 6.07) is 10.7. The van der Waals surface area contributed by atoms with Gasteiger partial charge in [-0.25, -0.2) is 10.4 Å². The first kappa shape index (κ1) is 22.2. The molecule has 4 aromatic rings. The Balaban J connectivity index is 1.62. The number of nitrogens with one attached hydrogen (secondary N) is 1. The van der Waals surface area contributed by atoms with E-state index in [9.17, 15) is 4.79 Å². The number of thiazole rings is 1. The normalized spacial score (nSPS) is 11.0. The summed E-state index contributed by atoms with van der Waals surface area (Å²) in [4.78, 5) is 18.3. The fourth-order valence-corrected chi connectivity index (χ4v) is 4.04. The summed E-state index contributed by atoms with van der Waals surface area (Å²) >= 11 is 1.51. The second kappa shape index (κ2) is 9.61. The molecule has 0 radical (unpaired) electrons. The van der Waals surface area contributed by atoms with Crippen LogP contribution in [0, 0.1) is 0 Å². The van der Waals surface area contributed by atoms with E-state index in [-0.39, 0.29) is 0 Å². The van der Waals surface area contributed by atoms with Crippen LogP contribution >= 0.6 is 11.3 Å². The molecule has 2 aromatic heterocycles. The second-order valence-corrected chi connectivity index (χ2v) is 7.62. The lowest BCUT2D eigenvalue weighted by atomic mass is 10.1. The van der Waals surface area contributed by atoms with Gasteiger partial charge in [-0.05, 0) is 36.4 Å². The van der Waals surface area contributed by atoms with E-state index in [2.05, 4.69) is 10.5 Å². The van der Waals surface area contributed by atoms with Crippen LogP contribution in [-0.2, 0) is 0 Å². The molecule has 0 atom stereocenters. The number of imidazole rings is 1. The monoisotopic (exact) mass is 466 g/mol. The Morgan fingerprint density at radius 2 is 1.73 bits per heavy atom. The van der Waals surface area contributed by atoms with E-state index < -0.39 is 5.91 Å². The van der Waals surface area contributed by atoms with Crippen molar-refractivity contribution in [3.8, 4) is 34.3 Å². The van der Waals surface area contributed by atoms with Crippen LogP contribution in [0.1, 0.15) is 16.1 Å². The Bertz CT molecular complexity index is 1290. The van der Waals surface area contributed by atoms with Crippen LogP contribution < -0.4 is 24.4 Å². The van der Waals surface area contributed by atoms with Gasteiger partial charge in [0.15, 0.2) is 16.5 Å². The lowest BCUT2D eigenvalue weighted by molar-refractivity contribution is 0.0954. The maximum absolute atomic E-state index is 12.7. The highest BCUT2D eigenvalue weighted by Crippen LogP contribution is 2.38.